The molecule has 0 fully saturated rings. The monoisotopic (exact) mass is 303 g/mol. The molecular weight excluding hydrogens is 286 g/mol. The maximum Gasteiger partial charge on any atom is 0.255 e. The SMILES string of the molecule is CN(C)c1ccc(NS(=O)(=O)C=Cc2ccccc2)cn1. The largest absolute Gasteiger partial charge is 0.363 e. The summed E-state index contributed by atoms with van der Waals surface area (Å²) in [6.07, 6.45) is 3.03. The summed E-state index contributed by atoms with van der Waals surface area (Å²) in [5, 5.41) is 1.14. The summed E-state index contributed by atoms with van der Waals surface area (Å²) >= 11 is 0. The summed E-state index contributed by atoms with van der Waals surface area (Å²) in [7, 11) is 0.190. The lowest BCUT2D eigenvalue weighted by molar-refractivity contribution is 0.609. The van der Waals surface area contributed by atoms with E-state index in [4.69, 9.17) is 0 Å². The number of nitrogens with zero attached hydrogens (tertiary/aromatic N) is 2. The second-order valence-electron chi connectivity index (χ2n) is 4.66. The molecular formula is C15H17N3O2S. The molecule has 1 aromatic carbocycles. The fourth-order valence-corrected chi connectivity index (χ4v) is 2.50. The molecule has 0 amide bonds. The molecule has 0 aliphatic rings. The van der Waals surface area contributed by atoms with Gasteiger partial charge in [0.05, 0.1) is 17.3 Å². The number of nitrogens with one attached hydrogen (secondary N) is 1. The first-order valence-electron chi connectivity index (χ1n) is 6.36. The highest BCUT2D eigenvalue weighted by atomic mass is 32.2. The van der Waals surface area contributed by atoms with Crippen LogP contribution in [0.25, 0.3) is 6.08 Å². The van der Waals surface area contributed by atoms with Gasteiger partial charge in [-0.3, -0.25) is 4.72 Å². The average molecular weight is 303 g/mol. The van der Waals surface area contributed by atoms with Gasteiger partial charge >= 0.3 is 0 Å². The van der Waals surface area contributed by atoms with Crippen molar-refractivity contribution in [2.45, 2.75) is 0 Å². The van der Waals surface area contributed by atoms with Gasteiger partial charge in [0.1, 0.15) is 5.82 Å². The van der Waals surface area contributed by atoms with E-state index in [9.17, 15) is 8.42 Å². The normalized spacial score (nSPS) is 11.5. The van der Waals surface area contributed by atoms with E-state index in [1.807, 2.05) is 49.3 Å². The van der Waals surface area contributed by atoms with E-state index in [1.165, 1.54) is 6.20 Å². The molecule has 6 heteroatoms. The van der Waals surface area contributed by atoms with Crippen LogP contribution in [0, 0.1) is 0 Å². The molecule has 0 aliphatic carbocycles. The van der Waals surface area contributed by atoms with E-state index >= 15 is 0 Å². The Morgan fingerprint density at radius 1 is 1.10 bits per heavy atom. The van der Waals surface area contributed by atoms with Crippen molar-refractivity contribution in [2.24, 2.45) is 0 Å². The highest BCUT2D eigenvalue weighted by molar-refractivity contribution is 7.95. The van der Waals surface area contributed by atoms with Gasteiger partial charge in [0.2, 0.25) is 0 Å². The number of hydrogen-bond donors (Lipinski definition) is 1. The van der Waals surface area contributed by atoms with Crippen LogP contribution in [0.3, 0.4) is 0 Å². The van der Waals surface area contributed by atoms with Crippen LogP contribution in [0.5, 0.6) is 0 Å². The zero-order valence-corrected chi connectivity index (χ0v) is 12.7. The summed E-state index contributed by atoms with van der Waals surface area (Å²) in [5.74, 6) is 0.762. The molecule has 1 heterocycles. The first-order valence-corrected chi connectivity index (χ1v) is 7.90. The maximum atomic E-state index is 12.0. The summed E-state index contributed by atoms with van der Waals surface area (Å²) in [5.41, 5.74) is 1.25. The molecule has 0 spiro atoms. The van der Waals surface area contributed by atoms with Gasteiger partial charge < -0.3 is 4.90 Å². The van der Waals surface area contributed by atoms with Crippen molar-refractivity contribution in [1.29, 1.82) is 0 Å². The van der Waals surface area contributed by atoms with Crippen LogP contribution >= 0.6 is 0 Å². The zero-order chi connectivity index (χ0) is 15.3. The lowest BCUT2D eigenvalue weighted by Gasteiger charge is -2.11. The molecule has 0 aliphatic heterocycles. The predicted octanol–water partition coefficient (Wildman–Crippen LogP) is 2.56. The van der Waals surface area contributed by atoms with Crippen molar-refractivity contribution in [3.63, 3.8) is 0 Å². The number of pyridine rings is 1. The van der Waals surface area contributed by atoms with Gasteiger partial charge in [-0.15, -0.1) is 0 Å². The number of rotatable bonds is 5. The van der Waals surface area contributed by atoms with Gasteiger partial charge in [-0.25, -0.2) is 13.4 Å². The van der Waals surface area contributed by atoms with Gasteiger partial charge in [-0.05, 0) is 23.8 Å². The van der Waals surface area contributed by atoms with Gasteiger partial charge in [-0.2, -0.15) is 0 Å². The third-order valence-electron chi connectivity index (χ3n) is 2.71. The number of benzene rings is 1. The first kappa shape index (κ1) is 15.1. The lowest BCUT2D eigenvalue weighted by Crippen LogP contribution is -2.12. The predicted molar refractivity (Wildman–Crippen MR) is 86.6 cm³/mol. The number of aromatic nitrogens is 1. The molecule has 1 aromatic heterocycles. The van der Waals surface area contributed by atoms with Crippen molar-refractivity contribution in [2.75, 3.05) is 23.7 Å². The third-order valence-corrected chi connectivity index (χ3v) is 3.72. The molecule has 0 atom stereocenters. The van der Waals surface area contributed by atoms with Gasteiger partial charge in [-0.1, -0.05) is 30.3 Å². The van der Waals surface area contributed by atoms with E-state index in [1.54, 1.807) is 18.2 Å². The Balaban J connectivity index is 2.09. The highest BCUT2D eigenvalue weighted by Gasteiger charge is 2.06. The van der Waals surface area contributed by atoms with Crippen molar-refractivity contribution in [3.05, 3.63) is 59.6 Å². The summed E-state index contributed by atoms with van der Waals surface area (Å²) < 4.78 is 26.4. The molecule has 0 bridgehead atoms. The minimum absolute atomic E-state index is 0.429. The number of sulfonamides is 1. The van der Waals surface area contributed by atoms with Crippen LogP contribution in [0.15, 0.2) is 54.1 Å². The molecule has 0 radical (unpaired) electrons. The Labute approximate surface area is 125 Å². The van der Waals surface area contributed by atoms with Crippen LogP contribution < -0.4 is 9.62 Å². The molecule has 0 unspecified atom stereocenters. The van der Waals surface area contributed by atoms with Crippen LogP contribution in [-0.4, -0.2) is 27.5 Å². The molecule has 0 saturated heterocycles. The average Bonchev–Trinajstić information content (AvgIpc) is 2.46. The topological polar surface area (TPSA) is 62.3 Å². The summed E-state index contributed by atoms with van der Waals surface area (Å²) in [4.78, 5) is 6.00. The van der Waals surface area contributed by atoms with Crippen molar-refractivity contribution in [1.82, 2.24) is 4.98 Å². The molecule has 110 valence electrons. The third kappa shape index (κ3) is 4.61. The van der Waals surface area contributed by atoms with Gasteiger partial charge in [0.25, 0.3) is 10.0 Å². The Hall–Kier alpha value is -2.34. The van der Waals surface area contributed by atoms with Crippen LogP contribution in [0.2, 0.25) is 0 Å². The number of anilines is 2. The van der Waals surface area contributed by atoms with Crippen molar-refractivity contribution in [3.8, 4) is 0 Å². The standard InChI is InChI=1S/C15H17N3O2S/c1-18(2)15-9-8-14(12-16-15)17-21(19,20)11-10-13-6-4-3-5-7-13/h3-12,17H,1-2H3. The molecule has 5 nitrogen and oxygen atoms in total. The Morgan fingerprint density at radius 2 is 1.81 bits per heavy atom. The zero-order valence-electron chi connectivity index (χ0n) is 11.9. The molecule has 1 N–H and O–H groups in total. The lowest BCUT2D eigenvalue weighted by atomic mass is 10.2. The van der Waals surface area contributed by atoms with Crippen LogP contribution in [-0.2, 0) is 10.0 Å². The van der Waals surface area contributed by atoms with Gasteiger partial charge in [0, 0.05) is 14.1 Å². The number of hydrogen-bond acceptors (Lipinski definition) is 4. The van der Waals surface area contributed by atoms with E-state index in [0.29, 0.717) is 5.69 Å². The van der Waals surface area contributed by atoms with E-state index < -0.39 is 10.0 Å². The second kappa shape index (κ2) is 6.41. The van der Waals surface area contributed by atoms with Crippen molar-refractivity contribution >= 4 is 27.6 Å². The first-order chi connectivity index (χ1) is 9.96. The van der Waals surface area contributed by atoms with Crippen LogP contribution in [0.4, 0.5) is 11.5 Å². The molecule has 2 aromatic rings. The Bertz CT molecular complexity index is 708. The smallest absolute Gasteiger partial charge is 0.255 e. The Kier molecular flexibility index (Phi) is 4.59. The minimum atomic E-state index is -3.55. The quantitative estimate of drug-likeness (QED) is 0.922. The molecule has 2 rings (SSSR count). The second-order valence-corrected chi connectivity index (χ2v) is 6.23. The summed E-state index contributed by atoms with van der Waals surface area (Å²) in [6.45, 7) is 0. The van der Waals surface area contributed by atoms with E-state index in [-0.39, 0.29) is 0 Å². The van der Waals surface area contributed by atoms with Crippen LogP contribution in [0.1, 0.15) is 5.56 Å². The molecule has 0 saturated carbocycles. The van der Waals surface area contributed by atoms with E-state index in [2.05, 4.69) is 9.71 Å². The fraction of sp³-hybridized carbons (Fsp3) is 0.133. The Morgan fingerprint density at radius 3 is 2.38 bits per heavy atom. The van der Waals surface area contributed by atoms with Crippen molar-refractivity contribution < 1.29 is 8.42 Å². The van der Waals surface area contributed by atoms with E-state index in [0.717, 1.165) is 16.8 Å². The van der Waals surface area contributed by atoms with Gasteiger partial charge in [0.15, 0.2) is 0 Å². The minimum Gasteiger partial charge on any atom is -0.363 e. The fourth-order valence-electron chi connectivity index (χ4n) is 1.64. The highest BCUT2D eigenvalue weighted by Crippen LogP contribution is 2.14. The summed E-state index contributed by atoms with van der Waals surface area (Å²) in [6, 6.07) is 12.7. The maximum absolute atomic E-state index is 12.0. The molecule has 21 heavy (non-hydrogen) atoms.